The maximum absolute atomic E-state index is 9.58. The summed E-state index contributed by atoms with van der Waals surface area (Å²) in [7, 11) is 1.58. The highest BCUT2D eigenvalue weighted by Gasteiger charge is 2.18. The SMILES string of the molecule is COc1cc(C(C)N2CCNCC2)ccc1O. The summed E-state index contributed by atoms with van der Waals surface area (Å²) in [5.41, 5.74) is 1.18. The highest BCUT2D eigenvalue weighted by molar-refractivity contribution is 5.42. The molecule has 0 amide bonds. The molecule has 0 aliphatic carbocycles. The molecule has 1 aromatic rings. The first kappa shape index (κ1) is 12.2. The monoisotopic (exact) mass is 236 g/mol. The Morgan fingerprint density at radius 3 is 2.71 bits per heavy atom. The van der Waals surface area contributed by atoms with Gasteiger partial charge < -0.3 is 15.2 Å². The number of ether oxygens (including phenoxy) is 1. The summed E-state index contributed by atoms with van der Waals surface area (Å²) in [5.74, 6) is 0.744. The summed E-state index contributed by atoms with van der Waals surface area (Å²) in [6.07, 6.45) is 0. The van der Waals surface area contributed by atoms with Gasteiger partial charge in [-0.15, -0.1) is 0 Å². The van der Waals surface area contributed by atoms with Crippen LogP contribution in [0.3, 0.4) is 0 Å². The molecule has 0 radical (unpaired) electrons. The second-order valence-electron chi connectivity index (χ2n) is 4.39. The molecule has 1 aliphatic heterocycles. The topological polar surface area (TPSA) is 44.7 Å². The van der Waals surface area contributed by atoms with Crippen molar-refractivity contribution >= 4 is 0 Å². The van der Waals surface area contributed by atoms with Crippen LogP contribution in [0.25, 0.3) is 0 Å². The van der Waals surface area contributed by atoms with Gasteiger partial charge in [-0.25, -0.2) is 0 Å². The first-order chi connectivity index (χ1) is 8.22. The Morgan fingerprint density at radius 1 is 1.35 bits per heavy atom. The zero-order chi connectivity index (χ0) is 12.3. The van der Waals surface area contributed by atoms with Crippen molar-refractivity contribution in [1.82, 2.24) is 10.2 Å². The molecule has 0 bridgehead atoms. The van der Waals surface area contributed by atoms with Gasteiger partial charge in [0, 0.05) is 32.2 Å². The van der Waals surface area contributed by atoms with E-state index in [0.29, 0.717) is 11.8 Å². The summed E-state index contributed by atoms with van der Waals surface area (Å²) < 4.78 is 5.14. The number of methoxy groups -OCH3 is 1. The van der Waals surface area contributed by atoms with Gasteiger partial charge in [-0.1, -0.05) is 6.07 Å². The lowest BCUT2D eigenvalue weighted by molar-refractivity contribution is 0.185. The Balaban J connectivity index is 2.15. The molecule has 94 valence electrons. The molecule has 1 unspecified atom stereocenters. The van der Waals surface area contributed by atoms with Crippen LogP contribution in [0.1, 0.15) is 18.5 Å². The third-order valence-electron chi connectivity index (χ3n) is 3.39. The first-order valence-electron chi connectivity index (χ1n) is 6.04. The van der Waals surface area contributed by atoms with Gasteiger partial charge in [0.15, 0.2) is 11.5 Å². The van der Waals surface area contributed by atoms with Gasteiger partial charge in [-0.3, -0.25) is 4.90 Å². The van der Waals surface area contributed by atoms with E-state index in [1.807, 2.05) is 12.1 Å². The predicted octanol–water partition coefficient (Wildman–Crippen LogP) is 1.37. The Labute approximate surface area is 102 Å². The molecular formula is C13H20N2O2. The number of nitrogens with zero attached hydrogens (tertiary/aromatic N) is 1. The number of aromatic hydroxyl groups is 1. The molecule has 17 heavy (non-hydrogen) atoms. The first-order valence-corrected chi connectivity index (χ1v) is 6.04. The van der Waals surface area contributed by atoms with Crippen LogP contribution in [0.4, 0.5) is 0 Å². The summed E-state index contributed by atoms with van der Waals surface area (Å²) in [6, 6.07) is 5.94. The number of benzene rings is 1. The van der Waals surface area contributed by atoms with Crippen molar-refractivity contribution in [3.8, 4) is 11.5 Å². The highest BCUT2D eigenvalue weighted by Crippen LogP contribution is 2.30. The minimum atomic E-state index is 0.198. The average molecular weight is 236 g/mol. The standard InChI is InChI=1S/C13H20N2O2/c1-10(15-7-5-14-6-8-15)11-3-4-12(16)13(9-11)17-2/h3-4,9-10,14,16H,5-8H2,1-2H3. The van der Waals surface area contributed by atoms with Crippen molar-refractivity contribution < 1.29 is 9.84 Å². The molecule has 4 nitrogen and oxygen atoms in total. The molecule has 0 spiro atoms. The molecule has 2 rings (SSSR count). The van der Waals surface area contributed by atoms with E-state index in [2.05, 4.69) is 17.1 Å². The number of rotatable bonds is 3. The van der Waals surface area contributed by atoms with Gasteiger partial charge in [0.2, 0.25) is 0 Å². The lowest BCUT2D eigenvalue weighted by Crippen LogP contribution is -2.44. The molecule has 1 aliphatic rings. The normalized spacial score (nSPS) is 18.9. The fraction of sp³-hybridized carbons (Fsp3) is 0.538. The third-order valence-corrected chi connectivity index (χ3v) is 3.39. The summed E-state index contributed by atoms with van der Waals surface area (Å²) in [4.78, 5) is 2.43. The average Bonchev–Trinajstić information content (AvgIpc) is 2.39. The summed E-state index contributed by atoms with van der Waals surface area (Å²) >= 11 is 0. The van der Waals surface area contributed by atoms with Crippen molar-refractivity contribution in [3.05, 3.63) is 23.8 Å². The molecular weight excluding hydrogens is 216 g/mol. The van der Waals surface area contributed by atoms with Crippen molar-refractivity contribution in [1.29, 1.82) is 0 Å². The number of phenolic OH excluding ortho intramolecular Hbond substituents is 1. The third kappa shape index (κ3) is 2.70. The highest BCUT2D eigenvalue weighted by atomic mass is 16.5. The molecule has 4 heteroatoms. The van der Waals surface area contributed by atoms with Crippen LogP contribution in [0.5, 0.6) is 11.5 Å². The molecule has 0 aromatic heterocycles. The van der Waals surface area contributed by atoms with Crippen molar-refractivity contribution in [2.24, 2.45) is 0 Å². The van der Waals surface area contributed by atoms with Crippen LogP contribution in [-0.4, -0.2) is 43.3 Å². The van der Waals surface area contributed by atoms with Gasteiger partial charge in [0.1, 0.15) is 0 Å². The maximum atomic E-state index is 9.58. The van der Waals surface area contributed by atoms with E-state index in [0.717, 1.165) is 26.2 Å². The number of nitrogens with one attached hydrogen (secondary N) is 1. The number of hydrogen-bond donors (Lipinski definition) is 2. The fourth-order valence-corrected chi connectivity index (χ4v) is 2.23. The molecule has 1 heterocycles. The van der Waals surface area contributed by atoms with Crippen LogP contribution in [0.2, 0.25) is 0 Å². The van der Waals surface area contributed by atoms with Gasteiger partial charge in [-0.05, 0) is 24.6 Å². The van der Waals surface area contributed by atoms with Gasteiger partial charge in [0.05, 0.1) is 7.11 Å². The van der Waals surface area contributed by atoms with E-state index in [1.54, 1.807) is 13.2 Å². The van der Waals surface area contributed by atoms with Gasteiger partial charge in [-0.2, -0.15) is 0 Å². The predicted molar refractivity (Wildman–Crippen MR) is 67.5 cm³/mol. The van der Waals surface area contributed by atoms with Crippen molar-refractivity contribution in [2.75, 3.05) is 33.3 Å². The van der Waals surface area contributed by atoms with Crippen LogP contribution in [-0.2, 0) is 0 Å². The van der Waals surface area contributed by atoms with Crippen LogP contribution < -0.4 is 10.1 Å². The molecule has 1 aromatic carbocycles. The van der Waals surface area contributed by atoms with Gasteiger partial charge >= 0.3 is 0 Å². The number of hydrogen-bond acceptors (Lipinski definition) is 4. The van der Waals surface area contributed by atoms with E-state index in [4.69, 9.17) is 4.74 Å². The fourth-order valence-electron chi connectivity index (χ4n) is 2.23. The number of phenols is 1. The summed E-state index contributed by atoms with van der Waals surface area (Å²) in [6.45, 7) is 6.39. The molecule has 2 N–H and O–H groups in total. The Bertz CT molecular complexity index is 376. The van der Waals surface area contributed by atoms with Crippen molar-refractivity contribution in [3.63, 3.8) is 0 Å². The van der Waals surface area contributed by atoms with E-state index in [-0.39, 0.29) is 5.75 Å². The van der Waals surface area contributed by atoms with Crippen LogP contribution >= 0.6 is 0 Å². The smallest absolute Gasteiger partial charge is 0.160 e. The minimum absolute atomic E-state index is 0.198. The largest absolute Gasteiger partial charge is 0.504 e. The zero-order valence-electron chi connectivity index (χ0n) is 10.4. The van der Waals surface area contributed by atoms with Crippen LogP contribution in [0, 0.1) is 0 Å². The second kappa shape index (κ2) is 5.38. The molecule has 1 fully saturated rings. The Kier molecular flexibility index (Phi) is 3.86. The van der Waals surface area contributed by atoms with E-state index >= 15 is 0 Å². The number of piperazine rings is 1. The van der Waals surface area contributed by atoms with Crippen LogP contribution in [0.15, 0.2) is 18.2 Å². The zero-order valence-corrected chi connectivity index (χ0v) is 10.4. The van der Waals surface area contributed by atoms with E-state index in [9.17, 15) is 5.11 Å². The summed E-state index contributed by atoms with van der Waals surface area (Å²) in [5, 5.41) is 12.9. The lowest BCUT2D eigenvalue weighted by Gasteiger charge is -2.33. The second-order valence-corrected chi connectivity index (χ2v) is 4.39. The molecule has 0 saturated carbocycles. The van der Waals surface area contributed by atoms with E-state index < -0.39 is 0 Å². The van der Waals surface area contributed by atoms with Crippen molar-refractivity contribution in [2.45, 2.75) is 13.0 Å². The Hall–Kier alpha value is -1.26. The minimum Gasteiger partial charge on any atom is -0.504 e. The molecule has 1 saturated heterocycles. The lowest BCUT2D eigenvalue weighted by atomic mass is 10.1. The van der Waals surface area contributed by atoms with E-state index in [1.165, 1.54) is 5.56 Å². The molecule has 1 atom stereocenters. The maximum Gasteiger partial charge on any atom is 0.160 e. The van der Waals surface area contributed by atoms with Gasteiger partial charge in [0.25, 0.3) is 0 Å². The quantitative estimate of drug-likeness (QED) is 0.832. The Morgan fingerprint density at radius 2 is 2.06 bits per heavy atom.